The standard InChI is InChI=1S/C18H17NO/c1-3-14-13(10-19)9-17-18(15(14)4-2)16-8-6-5-7-12(16)11-20-17/h5,7-9,11H,3-4,6H2,1-2H3. The zero-order chi connectivity index (χ0) is 14.1. The molecule has 1 aliphatic carbocycles. The van der Waals surface area contributed by atoms with Crippen LogP contribution in [0.4, 0.5) is 0 Å². The normalized spacial score (nSPS) is 15.4. The van der Waals surface area contributed by atoms with Crippen molar-refractivity contribution in [1.82, 2.24) is 0 Å². The molecule has 1 aliphatic heterocycles. The van der Waals surface area contributed by atoms with Gasteiger partial charge in [0.1, 0.15) is 5.75 Å². The Morgan fingerprint density at radius 2 is 2.05 bits per heavy atom. The van der Waals surface area contributed by atoms with Crippen molar-refractivity contribution in [3.8, 4) is 11.8 Å². The minimum absolute atomic E-state index is 0.743. The zero-order valence-electron chi connectivity index (χ0n) is 11.9. The molecule has 100 valence electrons. The third kappa shape index (κ3) is 1.78. The van der Waals surface area contributed by atoms with Gasteiger partial charge in [0.25, 0.3) is 0 Å². The Morgan fingerprint density at radius 3 is 2.75 bits per heavy atom. The van der Waals surface area contributed by atoms with Crippen molar-refractivity contribution in [2.45, 2.75) is 33.1 Å². The summed E-state index contributed by atoms with van der Waals surface area (Å²) in [6, 6.07) is 4.20. The minimum atomic E-state index is 0.743. The van der Waals surface area contributed by atoms with Crippen LogP contribution in [-0.2, 0) is 12.8 Å². The first-order valence-electron chi connectivity index (χ1n) is 7.13. The molecule has 0 N–H and O–H groups in total. The molecular formula is C18H17NO. The van der Waals surface area contributed by atoms with Crippen molar-refractivity contribution in [3.05, 3.63) is 58.4 Å². The fourth-order valence-electron chi connectivity index (χ4n) is 3.10. The molecule has 0 amide bonds. The molecule has 1 heterocycles. The number of hydrogen-bond donors (Lipinski definition) is 0. The van der Waals surface area contributed by atoms with Crippen LogP contribution in [0.1, 0.15) is 42.5 Å². The second kappa shape index (κ2) is 5.02. The van der Waals surface area contributed by atoms with Gasteiger partial charge in [-0.3, -0.25) is 0 Å². The van der Waals surface area contributed by atoms with Gasteiger partial charge in [0.05, 0.1) is 17.9 Å². The second-order valence-corrected chi connectivity index (χ2v) is 5.02. The third-order valence-corrected chi connectivity index (χ3v) is 3.99. The SMILES string of the molecule is CCc1c(C#N)cc2c(c1CC)C1=CCC=CC1=CO2. The van der Waals surface area contributed by atoms with Crippen LogP contribution < -0.4 is 4.74 Å². The summed E-state index contributed by atoms with van der Waals surface area (Å²) < 4.78 is 5.77. The lowest BCUT2D eigenvalue weighted by Gasteiger charge is -2.25. The average molecular weight is 263 g/mol. The highest BCUT2D eigenvalue weighted by Gasteiger charge is 2.24. The first kappa shape index (κ1) is 12.7. The first-order valence-corrected chi connectivity index (χ1v) is 7.13. The van der Waals surface area contributed by atoms with Crippen molar-refractivity contribution < 1.29 is 4.74 Å². The molecule has 0 fully saturated rings. The predicted molar refractivity (Wildman–Crippen MR) is 80.4 cm³/mol. The minimum Gasteiger partial charge on any atom is -0.464 e. The Morgan fingerprint density at radius 1 is 1.25 bits per heavy atom. The zero-order valence-corrected chi connectivity index (χ0v) is 11.9. The number of nitrogens with zero attached hydrogens (tertiary/aromatic N) is 1. The maximum absolute atomic E-state index is 9.36. The highest BCUT2D eigenvalue weighted by molar-refractivity contribution is 5.89. The highest BCUT2D eigenvalue weighted by Crippen LogP contribution is 2.42. The summed E-state index contributed by atoms with van der Waals surface area (Å²) in [6.45, 7) is 4.25. The summed E-state index contributed by atoms with van der Waals surface area (Å²) in [5.74, 6) is 0.820. The van der Waals surface area contributed by atoms with E-state index in [2.05, 4.69) is 38.1 Å². The second-order valence-electron chi connectivity index (χ2n) is 5.02. The van der Waals surface area contributed by atoms with Gasteiger partial charge < -0.3 is 4.74 Å². The molecule has 0 radical (unpaired) electrons. The van der Waals surface area contributed by atoms with Gasteiger partial charge in [-0.15, -0.1) is 0 Å². The molecule has 0 saturated carbocycles. The van der Waals surface area contributed by atoms with E-state index in [1.807, 2.05) is 6.07 Å². The Balaban J connectivity index is 2.30. The fraction of sp³-hybridized carbons (Fsp3) is 0.278. The van der Waals surface area contributed by atoms with Gasteiger partial charge in [-0.1, -0.05) is 32.1 Å². The number of rotatable bonds is 2. The van der Waals surface area contributed by atoms with E-state index in [4.69, 9.17) is 4.74 Å². The Hall–Kier alpha value is -2.27. The third-order valence-electron chi connectivity index (χ3n) is 3.99. The van der Waals surface area contributed by atoms with Crippen LogP contribution in [0.3, 0.4) is 0 Å². The monoisotopic (exact) mass is 263 g/mol. The van der Waals surface area contributed by atoms with Crippen LogP contribution in [0.2, 0.25) is 0 Å². The van der Waals surface area contributed by atoms with Crippen molar-refractivity contribution in [2.75, 3.05) is 0 Å². The molecule has 1 aromatic carbocycles. The molecule has 0 unspecified atom stereocenters. The summed E-state index contributed by atoms with van der Waals surface area (Å²) >= 11 is 0. The van der Waals surface area contributed by atoms with Crippen molar-refractivity contribution in [1.29, 1.82) is 5.26 Å². The summed E-state index contributed by atoms with van der Waals surface area (Å²) in [5, 5.41) is 9.36. The van der Waals surface area contributed by atoms with Crippen LogP contribution in [0, 0.1) is 11.3 Å². The average Bonchev–Trinajstić information content (AvgIpc) is 2.52. The van der Waals surface area contributed by atoms with Crippen LogP contribution in [0.15, 0.2) is 36.1 Å². The lowest BCUT2D eigenvalue weighted by molar-refractivity contribution is 0.471. The number of allylic oxidation sites excluding steroid dienone is 5. The molecule has 0 spiro atoms. The lowest BCUT2D eigenvalue weighted by atomic mass is 9.83. The molecule has 0 saturated heterocycles. The molecule has 0 aromatic heterocycles. The van der Waals surface area contributed by atoms with E-state index in [1.165, 1.54) is 16.7 Å². The van der Waals surface area contributed by atoms with Crippen LogP contribution >= 0.6 is 0 Å². The van der Waals surface area contributed by atoms with Gasteiger partial charge in [-0.05, 0) is 42.0 Å². The van der Waals surface area contributed by atoms with Gasteiger partial charge in [-0.2, -0.15) is 5.26 Å². The van der Waals surface area contributed by atoms with Gasteiger partial charge in [0.2, 0.25) is 0 Å². The number of hydrogen-bond acceptors (Lipinski definition) is 2. The smallest absolute Gasteiger partial charge is 0.135 e. The van der Waals surface area contributed by atoms with Gasteiger partial charge in [0.15, 0.2) is 0 Å². The summed E-state index contributed by atoms with van der Waals surface area (Å²) in [5.41, 5.74) is 6.73. The van der Waals surface area contributed by atoms with E-state index < -0.39 is 0 Å². The molecule has 0 atom stereocenters. The van der Waals surface area contributed by atoms with Gasteiger partial charge >= 0.3 is 0 Å². The topological polar surface area (TPSA) is 33.0 Å². The van der Waals surface area contributed by atoms with Crippen LogP contribution in [-0.4, -0.2) is 0 Å². The molecule has 2 nitrogen and oxygen atoms in total. The first-order chi connectivity index (χ1) is 9.80. The Bertz CT molecular complexity index is 699. The van der Waals surface area contributed by atoms with Crippen LogP contribution in [0.5, 0.6) is 5.75 Å². The van der Waals surface area contributed by atoms with Crippen molar-refractivity contribution in [3.63, 3.8) is 0 Å². The lowest BCUT2D eigenvalue weighted by Crippen LogP contribution is -2.09. The molecule has 2 heteroatoms. The fourth-order valence-corrected chi connectivity index (χ4v) is 3.10. The highest BCUT2D eigenvalue weighted by atomic mass is 16.5. The van der Waals surface area contributed by atoms with Gasteiger partial charge in [-0.25, -0.2) is 0 Å². The maximum Gasteiger partial charge on any atom is 0.135 e. The van der Waals surface area contributed by atoms with E-state index in [0.717, 1.165) is 41.7 Å². The molecule has 0 bridgehead atoms. The Kier molecular flexibility index (Phi) is 3.20. The van der Waals surface area contributed by atoms with Gasteiger partial charge in [0, 0.05) is 11.1 Å². The predicted octanol–water partition coefficient (Wildman–Crippen LogP) is 4.30. The van der Waals surface area contributed by atoms with E-state index in [-0.39, 0.29) is 0 Å². The van der Waals surface area contributed by atoms with E-state index in [1.54, 1.807) is 6.26 Å². The maximum atomic E-state index is 9.36. The van der Waals surface area contributed by atoms with Crippen LogP contribution in [0.25, 0.3) is 5.57 Å². The van der Waals surface area contributed by atoms with Crippen molar-refractivity contribution >= 4 is 5.57 Å². The van der Waals surface area contributed by atoms with Crippen molar-refractivity contribution in [2.24, 2.45) is 0 Å². The summed E-state index contributed by atoms with van der Waals surface area (Å²) in [6.07, 6.45) is 11.0. The number of benzene rings is 1. The molecule has 3 rings (SSSR count). The molecule has 20 heavy (non-hydrogen) atoms. The summed E-state index contributed by atoms with van der Waals surface area (Å²) in [7, 11) is 0. The number of ether oxygens (including phenoxy) is 1. The van der Waals surface area contributed by atoms with E-state index in [0.29, 0.717) is 0 Å². The van der Waals surface area contributed by atoms with E-state index >= 15 is 0 Å². The largest absolute Gasteiger partial charge is 0.464 e. The number of nitriles is 1. The Labute approximate surface area is 119 Å². The number of fused-ring (bicyclic) bond motifs is 3. The molecule has 1 aromatic rings. The summed E-state index contributed by atoms with van der Waals surface area (Å²) in [4.78, 5) is 0. The quantitative estimate of drug-likeness (QED) is 0.796. The molecule has 2 aliphatic rings. The molecular weight excluding hydrogens is 246 g/mol. The van der Waals surface area contributed by atoms with E-state index in [9.17, 15) is 5.26 Å².